The van der Waals surface area contributed by atoms with Gasteiger partial charge in [-0.1, -0.05) is 18.7 Å². The van der Waals surface area contributed by atoms with Crippen LogP contribution in [0.15, 0.2) is 47.1 Å². The molecule has 2 N–H and O–H groups in total. The van der Waals surface area contributed by atoms with Gasteiger partial charge in [-0.05, 0) is 38.3 Å². The lowest BCUT2D eigenvalue weighted by molar-refractivity contribution is -0.153. The zero-order valence-electron chi connectivity index (χ0n) is 15.4. The highest BCUT2D eigenvalue weighted by Crippen LogP contribution is 2.36. The number of esters is 2. The average Bonchev–Trinajstić information content (AvgIpc) is 2.94. The molecule has 0 spiro atoms. The molecule has 1 heterocycles. The maximum absolute atomic E-state index is 12.3. The second-order valence-corrected chi connectivity index (χ2v) is 6.55. The van der Waals surface area contributed by atoms with Crippen LogP contribution in [0.5, 0.6) is 0 Å². The van der Waals surface area contributed by atoms with Crippen molar-refractivity contribution in [3.63, 3.8) is 0 Å². The maximum Gasteiger partial charge on any atom is 0.334 e. The van der Waals surface area contributed by atoms with Gasteiger partial charge in [0.15, 0.2) is 0 Å². The largest absolute Gasteiger partial charge is 0.455 e. The molecule has 2 aliphatic rings. The van der Waals surface area contributed by atoms with Crippen LogP contribution in [0.1, 0.15) is 26.7 Å². The smallest absolute Gasteiger partial charge is 0.334 e. The summed E-state index contributed by atoms with van der Waals surface area (Å²) in [6.07, 6.45) is 2.43. The van der Waals surface area contributed by atoms with E-state index in [4.69, 9.17) is 9.47 Å². The number of carbonyl (C=O) groups excluding carboxylic acids is 3. The summed E-state index contributed by atoms with van der Waals surface area (Å²) in [6.45, 7) is 6.68. The van der Waals surface area contributed by atoms with Crippen molar-refractivity contribution >= 4 is 18.2 Å². The van der Waals surface area contributed by atoms with Gasteiger partial charge in [-0.2, -0.15) is 0 Å². The Morgan fingerprint density at radius 3 is 2.78 bits per heavy atom. The van der Waals surface area contributed by atoms with Crippen molar-refractivity contribution in [3.8, 4) is 0 Å². The van der Waals surface area contributed by atoms with Crippen LogP contribution in [0.2, 0.25) is 0 Å². The molecule has 0 amide bonds. The summed E-state index contributed by atoms with van der Waals surface area (Å²) in [6, 6.07) is 0. The van der Waals surface area contributed by atoms with Crippen LogP contribution in [0.25, 0.3) is 0 Å². The highest BCUT2D eigenvalue weighted by Gasteiger charge is 2.48. The molecule has 0 aromatic carbocycles. The van der Waals surface area contributed by atoms with Crippen molar-refractivity contribution in [2.45, 2.75) is 45.0 Å². The van der Waals surface area contributed by atoms with Gasteiger partial charge in [-0.15, -0.1) is 0 Å². The Kier molecular flexibility index (Phi) is 6.87. The molecule has 0 aromatic heterocycles. The Bertz CT molecular complexity index is 729. The highest BCUT2D eigenvalue weighted by molar-refractivity contribution is 5.92. The number of hydrogen-bond donors (Lipinski definition) is 2. The zero-order valence-corrected chi connectivity index (χ0v) is 15.4. The SMILES string of the molecule is C=C1C(=O)O[C@@H]2/C=C(\CO)CC/C=C(/C=O)[C@H](O)[C@@H](OC(=O)/C(C)=C/C)[C@@H]12. The lowest BCUT2D eigenvalue weighted by Crippen LogP contribution is -2.43. The second kappa shape index (κ2) is 8.92. The Labute approximate surface area is 157 Å². The van der Waals surface area contributed by atoms with Gasteiger partial charge in [-0.25, -0.2) is 9.59 Å². The van der Waals surface area contributed by atoms with Crippen LogP contribution in [-0.4, -0.2) is 53.4 Å². The molecule has 7 heteroatoms. The fraction of sp³-hybridized carbons (Fsp3) is 0.450. The number of aldehydes is 1. The number of aliphatic hydroxyl groups is 2. The Morgan fingerprint density at radius 1 is 1.48 bits per heavy atom. The number of hydrogen-bond acceptors (Lipinski definition) is 7. The monoisotopic (exact) mass is 376 g/mol. The molecule has 1 saturated heterocycles. The number of ether oxygens (including phenoxy) is 2. The predicted octanol–water partition coefficient (Wildman–Crippen LogP) is 1.16. The number of carbonyl (C=O) groups is 3. The van der Waals surface area contributed by atoms with Crippen molar-refractivity contribution in [2.24, 2.45) is 5.92 Å². The summed E-state index contributed by atoms with van der Waals surface area (Å²) in [4.78, 5) is 35.9. The van der Waals surface area contributed by atoms with Gasteiger partial charge in [0.05, 0.1) is 12.5 Å². The van der Waals surface area contributed by atoms with Crippen LogP contribution in [0.4, 0.5) is 0 Å². The van der Waals surface area contributed by atoms with Crippen LogP contribution in [0.3, 0.4) is 0 Å². The fourth-order valence-corrected chi connectivity index (χ4v) is 3.10. The summed E-state index contributed by atoms with van der Waals surface area (Å²) in [7, 11) is 0. The normalized spacial score (nSPS) is 33.1. The molecule has 27 heavy (non-hydrogen) atoms. The van der Waals surface area contributed by atoms with E-state index in [-0.39, 0.29) is 17.8 Å². The lowest BCUT2D eigenvalue weighted by Gasteiger charge is -2.30. The van der Waals surface area contributed by atoms with Crippen molar-refractivity contribution in [3.05, 3.63) is 47.1 Å². The molecular formula is C20H24O7. The summed E-state index contributed by atoms with van der Waals surface area (Å²) < 4.78 is 10.8. The van der Waals surface area contributed by atoms with E-state index in [9.17, 15) is 24.6 Å². The summed E-state index contributed by atoms with van der Waals surface area (Å²) in [5.74, 6) is -2.24. The Balaban J connectivity index is 2.54. The maximum atomic E-state index is 12.3. The van der Waals surface area contributed by atoms with E-state index in [1.165, 1.54) is 6.08 Å². The molecule has 1 fully saturated rings. The van der Waals surface area contributed by atoms with Gasteiger partial charge < -0.3 is 19.7 Å². The van der Waals surface area contributed by atoms with Crippen molar-refractivity contribution in [1.29, 1.82) is 0 Å². The molecular weight excluding hydrogens is 352 g/mol. The van der Waals surface area contributed by atoms with Gasteiger partial charge in [0.2, 0.25) is 0 Å². The summed E-state index contributed by atoms with van der Waals surface area (Å²) in [5, 5.41) is 20.3. The minimum atomic E-state index is -1.45. The molecule has 2 rings (SSSR count). The molecule has 0 bridgehead atoms. The molecule has 0 unspecified atom stereocenters. The van der Waals surface area contributed by atoms with Crippen molar-refractivity contribution in [2.75, 3.05) is 6.61 Å². The van der Waals surface area contributed by atoms with E-state index in [0.29, 0.717) is 30.3 Å². The zero-order chi connectivity index (χ0) is 20.1. The number of allylic oxidation sites excluding steroid dienone is 2. The number of rotatable bonds is 4. The van der Waals surface area contributed by atoms with Crippen LogP contribution < -0.4 is 0 Å². The van der Waals surface area contributed by atoms with Crippen LogP contribution in [-0.2, 0) is 23.9 Å². The quantitative estimate of drug-likeness (QED) is 0.328. The molecule has 4 atom stereocenters. The molecule has 0 aromatic rings. The number of fused-ring (bicyclic) bond motifs is 1. The first-order valence-corrected chi connectivity index (χ1v) is 8.71. The molecule has 1 aliphatic carbocycles. The Morgan fingerprint density at radius 2 is 2.19 bits per heavy atom. The summed E-state index contributed by atoms with van der Waals surface area (Å²) >= 11 is 0. The molecule has 0 radical (unpaired) electrons. The third-order valence-corrected chi connectivity index (χ3v) is 4.85. The third kappa shape index (κ3) is 4.43. The van der Waals surface area contributed by atoms with Gasteiger partial charge in [0.1, 0.15) is 24.6 Å². The average molecular weight is 376 g/mol. The number of aliphatic hydroxyl groups excluding tert-OH is 2. The standard InChI is InChI=1S/C20H24O7/c1-4-11(2)19(24)27-18-16-12(3)20(25)26-15(16)8-13(9-21)6-5-7-14(10-22)17(18)23/h4,7-8,10,15-18,21,23H,3,5-6,9H2,1-2H3/b11-4+,13-8-,14-7-/t15-,16+,17+,18+/m1/s1. The van der Waals surface area contributed by atoms with E-state index in [1.807, 2.05) is 0 Å². The minimum Gasteiger partial charge on any atom is -0.455 e. The first kappa shape index (κ1) is 20.8. The second-order valence-electron chi connectivity index (χ2n) is 6.55. The van der Waals surface area contributed by atoms with Gasteiger partial charge in [0.25, 0.3) is 0 Å². The van der Waals surface area contributed by atoms with Gasteiger partial charge >= 0.3 is 11.9 Å². The first-order valence-electron chi connectivity index (χ1n) is 8.71. The van der Waals surface area contributed by atoms with Gasteiger partial charge in [0, 0.05) is 16.7 Å². The van der Waals surface area contributed by atoms with E-state index in [2.05, 4.69) is 6.58 Å². The van der Waals surface area contributed by atoms with Gasteiger partial charge in [-0.3, -0.25) is 4.79 Å². The fourth-order valence-electron chi connectivity index (χ4n) is 3.10. The van der Waals surface area contributed by atoms with Crippen LogP contribution in [0, 0.1) is 5.92 Å². The first-order chi connectivity index (χ1) is 12.8. The molecule has 1 aliphatic heterocycles. The highest BCUT2D eigenvalue weighted by atomic mass is 16.6. The minimum absolute atomic E-state index is 0.0364. The topological polar surface area (TPSA) is 110 Å². The molecule has 7 nitrogen and oxygen atoms in total. The summed E-state index contributed by atoms with van der Waals surface area (Å²) in [5.41, 5.74) is 1.00. The molecule has 146 valence electrons. The van der Waals surface area contributed by atoms with E-state index >= 15 is 0 Å². The lowest BCUT2D eigenvalue weighted by atomic mass is 9.83. The molecule has 0 saturated carbocycles. The van der Waals surface area contributed by atoms with E-state index < -0.39 is 36.2 Å². The van der Waals surface area contributed by atoms with Crippen molar-refractivity contribution < 1.29 is 34.1 Å². The predicted molar refractivity (Wildman–Crippen MR) is 96.4 cm³/mol. The van der Waals surface area contributed by atoms with Crippen LogP contribution >= 0.6 is 0 Å². The third-order valence-electron chi connectivity index (χ3n) is 4.85. The Hall–Kier alpha value is -2.51. The van der Waals surface area contributed by atoms with E-state index in [1.54, 1.807) is 26.0 Å². The van der Waals surface area contributed by atoms with E-state index in [0.717, 1.165) is 0 Å². The van der Waals surface area contributed by atoms with Crippen molar-refractivity contribution in [1.82, 2.24) is 0 Å².